The van der Waals surface area contributed by atoms with Gasteiger partial charge in [-0.2, -0.15) is 0 Å². The zero-order valence-corrected chi connectivity index (χ0v) is 23.0. The summed E-state index contributed by atoms with van der Waals surface area (Å²) >= 11 is 0. The van der Waals surface area contributed by atoms with Crippen LogP contribution in [0.1, 0.15) is 36.7 Å². The number of anilines is 1. The van der Waals surface area contributed by atoms with E-state index in [9.17, 15) is 19.1 Å². The first-order chi connectivity index (χ1) is 20.3. The molecule has 42 heavy (non-hydrogen) atoms. The summed E-state index contributed by atoms with van der Waals surface area (Å²) in [6.45, 7) is 1.81. The lowest BCUT2D eigenvalue weighted by Gasteiger charge is -2.29. The van der Waals surface area contributed by atoms with Crippen LogP contribution in [0, 0.1) is 6.92 Å². The van der Waals surface area contributed by atoms with Gasteiger partial charge in [0.2, 0.25) is 17.6 Å². The number of aryl methyl sites for hydroxylation is 1. The van der Waals surface area contributed by atoms with Gasteiger partial charge in [-0.05, 0) is 56.5 Å². The van der Waals surface area contributed by atoms with Gasteiger partial charge in [-0.15, -0.1) is 0 Å². The number of imidazole rings is 1. The van der Waals surface area contributed by atoms with Crippen molar-refractivity contribution in [2.24, 2.45) is 5.73 Å². The summed E-state index contributed by atoms with van der Waals surface area (Å²) in [4.78, 5) is 41.5. The van der Waals surface area contributed by atoms with Crippen LogP contribution in [0.3, 0.4) is 0 Å². The van der Waals surface area contributed by atoms with E-state index < -0.39 is 24.3 Å². The Morgan fingerprint density at radius 3 is 2.83 bits per heavy atom. The standard InChI is InChI=1S/C30H31FN8O3/c1-18-4-2-5-26(35-18)36-29(42)24-9-7-20(31)10-13-38(24)27(40)17-37-16-22(28(32)41)21-14-19(6-8-23(21)37)25-15-34-30-33-11-3-12-39(25)30/h2-6,8,11-12,14-16,20,24,28,41H,7,9-10,13,17,32H2,1H3,(H,35,36,42)/t20?,24-,28?/m0/s1. The number of hydrogen-bond acceptors (Lipinski definition) is 7. The average molecular weight is 571 g/mol. The maximum Gasteiger partial charge on any atom is 0.248 e. The smallest absolute Gasteiger partial charge is 0.248 e. The molecule has 1 fully saturated rings. The van der Waals surface area contributed by atoms with Crippen LogP contribution in [-0.2, 0) is 16.1 Å². The molecule has 1 aliphatic heterocycles. The summed E-state index contributed by atoms with van der Waals surface area (Å²) in [6, 6.07) is 11.9. The van der Waals surface area contributed by atoms with Crippen molar-refractivity contribution in [1.82, 2.24) is 28.8 Å². The Morgan fingerprint density at radius 2 is 2.02 bits per heavy atom. The number of carbonyl (C=O) groups excluding carboxylic acids is 2. The Kier molecular flexibility index (Phi) is 7.40. The molecule has 1 aliphatic rings. The van der Waals surface area contributed by atoms with E-state index >= 15 is 0 Å². The number of fused-ring (bicyclic) bond motifs is 2. The lowest BCUT2D eigenvalue weighted by molar-refractivity contribution is -0.139. The monoisotopic (exact) mass is 570 g/mol. The van der Waals surface area contributed by atoms with Crippen molar-refractivity contribution in [2.45, 2.75) is 51.2 Å². The normalized spacial score (nSPS) is 18.2. The average Bonchev–Trinajstić information content (AvgIpc) is 3.49. The number of nitrogens with zero attached hydrogens (tertiary/aromatic N) is 6. The molecule has 0 spiro atoms. The van der Waals surface area contributed by atoms with Gasteiger partial charge < -0.3 is 25.6 Å². The molecule has 0 radical (unpaired) electrons. The van der Waals surface area contributed by atoms with E-state index in [4.69, 9.17) is 5.73 Å². The number of likely N-dealkylation sites (tertiary alicyclic amines) is 1. The van der Waals surface area contributed by atoms with Gasteiger partial charge in [-0.1, -0.05) is 12.1 Å². The minimum Gasteiger partial charge on any atom is -0.374 e. The molecule has 3 atom stereocenters. The van der Waals surface area contributed by atoms with E-state index in [0.717, 1.165) is 17.0 Å². The number of aliphatic hydroxyl groups is 1. The van der Waals surface area contributed by atoms with Gasteiger partial charge in [0, 0.05) is 52.9 Å². The summed E-state index contributed by atoms with van der Waals surface area (Å²) in [5.41, 5.74) is 9.44. The minimum absolute atomic E-state index is 0.109. The molecule has 1 aromatic carbocycles. The van der Waals surface area contributed by atoms with Crippen molar-refractivity contribution in [3.63, 3.8) is 0 Å². The Morgan fingerprint density at radius 1 is 1.17 bits per heavy atom. The summed E-state index contributed by atoms with van der Waals surface area (Å²) < 4.78 is 18.0. The van der Waals surface area contributed by atoms with Crippen LogP contribution in [0.4, 0.5) is 10.2 Å². The maximum atomic E-state index is 14.4. The first-order valence-electron chi connectivity index (χ1n) is 13.8. The molecule has 0 bridgehead atoms. The number of aromatic nitrogens is 5. The lowest BCUT2D eigenvalue weighted by atomic mass is 10.1. The largest absolute Gasteiger partial charge is 0.374 e. The first-order valence-corrected chi connectivity index (χ1v) is 13.8. The molecule has 5 aromatic rings. The minimum atomic E-state index is -1.28. The van der Waals surface area contributed by atoms with E-state index in [1.807, 2.05) is 47.9 Å². The van der Waals surface area contributed by atoms with Crippen LogP contribution in [0.5, 0.6) is 0 Å². The molecule has 216 valence electrons. The van der Waals surface area contributed by atoms with E-state index in [1.165, 1.54) is 4.90 Å². The van der Waals surface area contributed by atoms with Crippen molar-refractivity contribution in [2.75, 3.05) is 11.9 Å². The van der Waals surface area contributed by atoms with E-state index in [2.05, 4.69) is 20.3 Å². The van der Waals surface area contributed by atoms with Gasteiger partial charge in [-0.25, -0.2) is 19.3 Å². The maximum absolute atomic E-state index is 14.4. The third kappa shape index (κ3) is 5.33. The number of aliphatic hydroxyl groups excluding tert-OH is 1. The molecular formula is C30H31FN8O3. The number of alkyl halides is 1. The van der Waals surface area contributed by atoms with Crippen LogP contribution in [0.25, 0.3) is 27.9 Å². The quantitative estimate of drug-likeness (QED) is 0.266. The summed E-state index contributed by atoms with van der Waals surface area (Å²) in [7, 11) is 0. The number of halogens is 1. The van der Waals surface area contributed by atoms with Crippen LogP contribution in [0.15, 0.2) is 67.3 Å². The SMILES string of the molecule is Cc1cccc(NC(=O)[C@@H]2CCC(F)CCN2C(=O)Cn2cc(C(N)O)c3cc(-c4cnc5ncccn45)ccc32)n1. The van der Waals surface area contributed by atoms with Crippen molar-refractivity contribution in [1.29, 1.82) is 0 Å². The van der Waals surface area contributed by atoms with Crippen molar-refractivity contribution < 1.29 is 19.1 Å². The van der Waals surface area contributed by atoms with Crippen LogP contribution >= 0.6 is 0 Å². The van der Waals surface area contributed by atoms with Crippen molar-refractivity contribution in [3.8, 4) is 11.3 Å². The fourth-order valence-corrected chi connectivity index (χ4v) is 5.60. The molecule has 11 nitrogen and oxygen atoms in total. The number of benzene rings is 1. The van der Waals surface area contributed by atoms with Gasteiger partial charge in [0.05, 0.1) is 11.9 Å². The van der Waals surface area contributed by atoms with Gasteiger partial charge in [-0.3, -0.25) is 14.0 Å². The van der Waals surface area contributed by atoms with Crippen LogP contribution < -0.4 is 11.1 Å². The van der Waals surface area contributed by atoms with Crippen molar-refractivity contribution >= 4 is 34.3 Å². The zero-order chi connectivity index (χ0) is 29.4. The Balaban J connectivity index is 1.30. The predicted octanol–water partition coefficient (Wildman–Crippen LogP) is 3.36. The molecule has 2 unspecified atom stereocenters. The molecule has 4 aromatic heterocycles. The fraction of sp³-hybridized carbons (Fsp3) is 0.300. The second-order valence-electron chi connectivity index (χ2n) is 10.5. The van der Waals surface area contributed by atoms with E-state index in [-0.39, 0.29) is 38.3 Å². The second-order valence-corrected chi connectivity index (χ2v) is 10.5. The Hall–Kier alpha value is -4.68. The topological polar surface area (TPSA) is 144 Å². The Bertz CT molecular complexity index is 1780. The highest BCUT2D eigenvalue weighted by atomic mass is 19.1. The van der Waals surface area contributed by atoms with Crippen LogP contribution in [-0.4, -0.2) is 64.5 Å². The second kappa shape index (κ2) is 11.3. The van der Waals surface area contributed by atoms with Crippen molar-refractivity contribution in [3.05, 3.63) is 78.5 Å². The lowest BCUT2D eigenvalue weighted by Crippen LogP contribution is -2.48. The summed E-state index contributed by atoms with van der Waals surface area (Å²) in [5.74, 6) is 0.190. The number of carbonyl (C=O) groups is 2. The third-order valence-electron chi connectivity index (χ3n) is 7.70. The van der Waals surface area contributed by atoms with Gasteiger partial charge >= 0.3 is 0 Å². The highest BCUT2D eigenvalue weighted by Crippen LogP contribution is 2.31. The molecular weight excluding hydrogens is 539 g/mol. The molecule has 6 rings (SSSR count). The fourth-order valence-electron chi connectivity index (χ4n) is 5.60. The van der Waals surface area contributed by atoms with Gasteiger partial charge in [0.1, 0.15) is 30.8 Å². The number of nitrogens with two attached hydrogens (primary N) is 1. The molecule has 0 saturated carbocycles. The van der Waals surface area contributed by atoms with E-state index in [1.54, 1.807) is 35.3 Å². The molecule has 2 amide bonds. The Labute approximate surface area is 240 Å². The number of pyridine rings is 1. The highest BCUT2D eigenvalue weighted by Gasteiger charge is 2.34. The molecule has 1 saturated heterocycles. The number of hydrogen-bond donors (Lipinski definition) is 3. The first kappa shape index (κ1) is 27.5. The van der Waals surface area contributed by atoms with Crippen LogP contribution in [0.2, 0.25) is 0 Å². The highest BCUT2D eigenvalue weighted by molar-refractivity contribution is 5.97. The number of nitrogens with one attached hydrogen (secondary N) is 1. The molecule has 4 N–H and O–H groups in total. The molecule has 5 heterocycles. The predicted molar refractivity (Wildman–Crippen MR) is 155 cm³/mol. The van der Waals surface area contributed by atoms with E-state index in [0.29, 0.717) is 28.1 Å². The molecule has 0 aliphatic carbocycles. The summed E-state index contributed by atoms with van der Waals surface area (Å²) in [5, 5.41) is 13.9. The van der Waals surface area contributed by atoms with Gasteiger partial charge in [0.15, 0.2) is 0 Å². The van der Waals surface area contributed by atoms with Gasteiger partial charge in [0.25, 0.3) is 0 Å². The summed E-state index contributed by atoms with van der Waals surface area (Å²) in [6.07, 6.45) is 5.04. The molecule has 12 heteroatoms. The number of amides is 2. The zero-order valence-electron chi connectivity index (χ0n) is 23.0. The number of rotatable bonds is 6. The third-order valence-corrected chi connectivity index (χ3v) is 7.70.